The molecule has 0 saturated carbocycles. The highest BCUT2D eigenvalue weighted by Gasteiger charge is 2.33. The summed E-state index contributed by atoms with van der Waals surface area (Å²) in [5.74, 6) is -0.0737. The highest BCUT2D eigenvalue weighted by molar-refractivity contribution is 7.92. The molecule has 1 N–H and O–H groups in total. The Balaban J connectivity index is 2.39. The zero-order valence-electron chi connectivity index (χ0n) is 18.0. The quantitative estimate of drug-likeness (QED) is 0.598. The van der Waals surface area contributed by atoms with E-state index in [2.05, 4.69) is 5.32 Å². The molecule has 0 heterocycles. The molecule has 2 aromatic carbocycles. The molecule has 2 atom stereocenters. The van der Waals surface area contributed by atoms with E-state index in [-0.39, 0.29) is 17.1 Å². The maximum Gasteiger partial charge on any atom is 0.244 e. The summed E-state index contributed by atoms with van der Waals surface area (Å²) in [6, 6.07) is 7.12. The largest absolute Gasteiger partial charge is 0.497 e. The van der Waals surface area contributed by atoms with Crippen molar-refractivity contribution in [3.05, 3.63) is 52.8 Å². The van der Waals surface area contributed by atoms with Gasteiger partial charge in [-0.15, -0.1) is 0 Å². The number of carbonyl (C=O) groups excluding carboxylic acids is 1. The standard InChI is InChI=1S/C21H26ClFN2O5S/c1-6-19(25(31(5,27)28)14-7-9-18(23)17(22)11-14)21(26)24-13(2)16-12-15(29-3)8-10-20(16)30-4/h7-13,19H,6H2,1-5H3,(H,24,26)/t13-,19+/m1/s1. The molecule has 0 bridgehead atoms. The molecule has 1 amide bonds. The number of halogens is 2. The summed E-state index contributed by atoms with van der Waals surface area (Å²) in [6.45, 7) is 3.44. The lowest BCUT2D eigenvalue weighted by molar-refractivity contribution is -0.122. The van der Waals surface area contributed by atoms with Gasteiger partial charge in [0, 0.05) is 5.56 Å². The first-order valence-electron chi connectivity index (χ1n) is 9.50. The van der Waals surface area contributed by atoms with Crippen molar-refractivity contribution in [1.82, 2.24) is 5.32 Å². The first-order chi connectivity index (χ1) is 14.5. The molecule has 0 unspecified atom stereocenters. The van der Waals surface area contributed by atoms with Crippen LogP contribution in [0.3, 0.4) is 0 Å². The molecule has 0 aliphatic carbocycles. The van der Waals surface area contributed by atoms with Crippen molar-refractivity contribution in [3.63, 3.8) is 0 Å². The maximum absolute atomic E-state index is 13.6. The van der Waals surface area contributed by atoms with E-state index in [4.69, 9.17) is 21.1 Å². The fraction of sp³-hybridized carbons (Fsp3) is 0.381. The first kappa shape index (κ1) is 24.7. The average Bonchev–Trinajstić information content (AvgIpc) is 2.72. The van der Waals surface area contributed by atoms with Crippen molar-refractivity contribution < 1.29 is 27.1 Å². The zero-order valence-corrected chi connectivity index (χ0v) is 19.6. The Bertz CT molecular complexity index is 1050. The summed E-state index contributed by atoms with van der Waals surface area (Å²) in [6.07, 6.45) is 1.16. The van der Waals surface area contributed by atoms with Gasteiger partial charge in [0.2, 0.25) is 15.9 Å². The number of benzene rings is 2. The molecule has 170 valence electrons. The van der Waals surface area contributed by atoms with Crippen molar-refractivity contribution in [3.8, 4) is 11.5 Å². The summed E-state index contributed by atoms with van der Waals surface area (Å²) in [5, 5.41) is 2.59. The minimum atomic E-state index is -3.88. The van der Waals surface area contributed by atoms with E-state index in [1.165, 1.54) is 26.4 Å². The predicted octanol–water partition coefficient (Wildman–Crippen LogP) is 3.92. The van der Waals surface area contributed by atoms with Crippen LogP contribution in [0.1, 0.15) is 31.9 Å². The van der Waals surface area contributed by atoms with E-state index in [9.17, 15) is 17.6 Å². The smallest absolute Gasteiger partial charge is 0.244 e. The molecule has 2 aromatic rings. The molecular formula is C21H26ClFN2O5S. The normalized spacial score (nSPS) is 13.3. The number of rotatable bonds is 9. The van der Waals surface area contributed by atoms with Crippen LogP contribution in [0.25, 0.3) is 0 Å². The SMILES string of the molecule is CC[C@@H](C(=O)N[C@H](C)c1cc(OC)ccc1OC)N(c1ccc(F)c(Cl)c1)S(C)(=O)=O. The van der Waals surface area contributed by atoms with E-state index >= 15 is 0 Å². The third kappa shape index (κ3) is 5.80. The fourth-order valence-electron chi connectivity index (χ4n) is 3.25. The van der Waals surface area contributed by atoms with Gasteiger partial charge >= 0.3 is 0 Å². The fourth-order valence-corrected chi connectivity index (χ4v) is 4.63. The Morgan fingerprint density at radius 2 is 1.87 bits per heavy atom. The third-order valence-electron chi connectivity index (χ3n) is 4.75. The molecule has 31 heavy (non-hydrogen) atoms. The van der Waals surface area contributed by atoms with Gasteiger partial charge in [0.05, 0.1) is 37.2 Å². The Kier molecular flexibility index (Phi) is 8.14. The lowest BCUT2D eigenvalue weighted by atomic mass is 10.1. The summed E-state index contributed by atoms with van der Waals surface area (Å²) in [4.78, 5) is 13.1. The topological polar surface area (TPSA) is 84.9 Å². The number of nitrogens with one attached hydrogen (secondary N) is 1. The average molecular weight is 473 g/mol. The molecule has 0 radical (unpaired) electrons. The van der Waals surface area contributed by atoms with Gasteiger partial charge in [0.15, 0.2) is 0 Å². The van der Waals surface area contributed by atoms with Crippen LogP contribution >= 0.6 is 11.6 Å². The van der Waals surface area contributed by atoms with E-state index < -0.39 is 33.8 Å². The minimum absolute atomic E-state index is 0.0995. The molecule has 0 aliphatic heterocycles. The van der Waals surface area contributed by atoms with Crippen LogP contribution in [0, 0.1) is 5.82 Å². The van der Waals surface area contributed by atoms with E-state index in [1.807, 2.05) is 0 Å². The predicted molar refractivity (Wildman–Crippen MR) is 119 cm³/mol. The van der Waals surface area contributed by atoms with Gasteiger partial charge in [0.25, 0.3) is 0 Å². The van der Waals surface area contributed by atoms with Crippen LogP contribution in [-0.4, -0.2) is 40.8 Å². The molecular weight excluding hydrogens is 447 g/mol. The second kappa shape index (κ2) is 10.2. The van der Waals surface area contributed by atoms with Gasteiger partial charge in [0.1, 0.15) is 23.4 Å². The van der Waals surface area contributed by atoms with Crippen molar-refractivity contribution in [2.45, 2.75) is 32.4 Å². The van der Waals surface area contributed by atoms with Gasteiger partial charge in [-0.1, -0.05) is 18.5 Å². The summed E-state index contributed by atoms with van der Waals surface area (Å²) in [5.41, 5.74) is 0.767. The van der Waals surface area contributed by atoms with Crippen molar-refractivity contribution >= 4 is 33.2 Å². The Morgan fingerprint density at radius 1 is 1.19 bits per heavy atom. The molecule has 10 heteroatoms. The number of hydrogen-bond donors (Lipinski definition) is 1. The number of carbonyl (C=O) groups is 1. The third-order valence-corrected chi connectivity index (χ3v) is 6.22. The van der Waals surface area contributed by atoms with Gasteiger partial charge in [-0.25, -0.2) is 12.8 Å². The summed E-state index contributed by atoms with van der Waals surface area (Å²) >= 11 is 5.84. The van der Waals surface area contributed by atoms with Crippen molar-refractivity contribution in [2.24, 2.45) is 0 Å². The number of ether oxygens (including phenoxy) is 2. The Morgan fingerprint density at radius 3 is 2.39 bits per heavy atom. The second-order valence-electron chi connectivity index (χ2n) is 6.92. The van der Waals surface area contributed by atoms with Crippen molar-refractivity contribution in [1.29, 1.82) is 0 Å². The minimum Gasteiger partial charge on any atom is -0.497 e. The van der Waals surface area contributed by atoms with E-state index in [0.29, 0.717) is 17.1 Å². The second-order valence-corrected chi connectivity index (χ2v) is 9.19. The zero-order chi connectivity index (χ0) is 23.3. The van der Waals surface area contributed by atoms with Crippen LogP contribution in [-0.2, 0) is 14.8 Å². The van der Waals surface area contributed by atoms with Crippen molar-refractivity contribution in [2.75, 3.05) is 24.8 Å². The van der Waals surface area contributed by atoms with Gasteiger partial charge in [-0.2, -0.15) is 0 Å². The van der Waals surface area contributed by atoms with Gasteiger partial charge in [-0.05, 0) is 49.7 Å². The molecule has 0 fully saturated rings. The number of amides is 1. The molecule has 0 spiro atoms. The molecule has 0 saturated heterocycles. The van der Waals surface area contributed by atoms with Gasteiger partial charge in [-0.3, -0.25) is 9.10 Å². The van der Waals surface area contributed by atoms with Crippen LogP contribution in [0.2, 0.25) is 5.02 Å². The Hall–Kier alpha value is -2.52. The summed E-state index contributed by atoms with van der Waals surface area (Å²) < 4.78 is 50.2. The van der Waals surface area contributed by atoms with E-state index in [0.717, 1.165) is 16.6 Å². The lowest BCUT2D eigenvalue weighted by Gasteiger charge is -2.31. The monoisotopic (exact) mass is 472 g/mol. The van der Waals surface area contributed by atoms with Crippen LogP contribution < -0.4 is 19.1 Å². The summed E-state index contributed by atoms with van der Waals surface area (Å²) in [7, 11) is -0.841. The number of anilines is 1. The number of nitrogens with zero attached hydrogens (tertiary/aromatic N) is 1. The first-order valence-corrected chi connectivity index (χ1v) is 11.7. The molecule has 2 rings (SSSR count). The van der Waals surface area contributed by atoms with Crippen LogP contribution in [0.15, 0.2) is 36.4 Å². The lowest BCUT2D eigenvalue weighted by Crippen LogP contribution is -2.49. The van der Waals surface area contributed by atoms with E-state index in [1.54, 1.807) is 32.0 Å². The number of methoxy groups -OCH3 is 2. The maximum atomic E-state index is 13.6. The number of hydrogen-bond acceptors (Lipinski definition) is 5. The Labute approximate surface area is 187 Å². The molecule has 0 aliphatic rings. The molecule has 7 nitrogen and oxygen atoms in total. The number of sulfonamides is 1. The molecule has 0 aromatic heterocycles. The van der Waals surface area contributed by atoms with Crippen LogP contribution in [0.4, 0.5) is 10.1 Å². The van der Waals surface area contributed by atoms with Gasteiger partial charge < -0.3 is 14.8 Å². The van der Waals surface area contributed by atoms with Crippen LogP contribution in [0.5, 0.6) is 11.5 Å². The highest BCUT2D eigenvalue weighted by atomic mass is 35.5. The highest BCUT2D eigenvalue weighted by Crippen LogP contribution is 2.31.